The lowest BCUT2D eigenvalue weighted by Crippen LogP contribution is -2.35. The van der Waals surface area contributed by atoms with E-state index in [1.165, 1.54) is 6.92 Å². The Morgan fingerprint density at radius 3 is 2.67 bits per heavy atom. The Hall–Kier alpha value is -1.11. The normalized spacial score (nSPS) is 13.2. The fraction of sp³-hybridized carbons (Fsp3) is 0.364. The predicted octanol–water partition coefficient (Wildman–Crippen LogP) is 3.80. The lowest BCUT2D eigenvalue weighted by molar-refractivity contribution is -0.182. The average Bonchev–Trinajstić information content (AvgIpc) is 2.31. The van der Waals surface area contributed by atoms with Gasteiger partial charge in [-0.3, -0.25) is 0 Å². The van der Waals surface area contributed by atoms with Crippen LogP contribution in [0.15, 0.2) is 22.7 Å². The highest BCUT2D eigenvalue weighted by Gasteiger charge is 2.51. The fourth-order valence-corrected chi connectivity index (χ4v) is 1.68. The summed E-state index contributed by atoms with van der Waals surface area (Å²) in [6.07, 6.45) is -2.98. The summed E-state index contributed by atoms with van der Waals surface area (Å²) in [5.74, 6) is -7.23. The first-order valence-electron chi connectivity index (χ1n) is 4.94. The second-order valence-corrected chi connectivity index (χ2v) is 4.23. The summed E-state index contributed by atoms with van der Waals surface area (Å²) in [6.45, 7) is 1.02. The first kappa shape index (κ1) is 14.9. The number of ether oxygens (including phenoxy) is 1. The van der Waals surface area contributed by atoms with Crippen LogP contribution in [0.25, 0.3) is 0 Å². The van der Waals surface area contributed by atoms with Crippen LogP contribution in [-0.2, 0) is 9.53 Å². The van der Waals surface area contributed by atoms with E-state index in [9.17, 15) is 22.4 Å². The molecule has 1 aromatic rings. The van der Waals surface area contributed by atoms with Crippen molar-refractivity contribution in [2.24, 2.45) is 0 Å². The molecule has 0 spiro atoms. The molecule has 0 aromatic heterocycles. The molecule has 0 radical (unpaired) electrons. The van der Waals surface area contributed by atoms with Crippen LogP contribution >= 0.6 is 15.9 Å². The molecular weight excluding hydrogens is 320 g/mol. The van der Waals surface area contributed by atoms with Gasteiger partial charge in [0, 0.05) is 10.0 Å². The molecule has 1 atom stereocenters. The quantitative estimate of drug-likeness (QED) is 0.620. The zero-order valence-electron chi connectivity index (χ0n) is 9.22. The predicted molar refractivity (Wildman–Crippen MR) is 59.5 cm³/mol. The molecule has 0 aliphatic rings. The molecule has 2 nitrogen and oxygen atoms in total. The van der Waals surface area contributed by atoms with Crippen LogP contribution < -0.4 is 0 Å². The van der Waals surface area contributed by atoms with Crippen molar-refractivity contribution in [3.63, 3.8) is 0 Å². The van der Waals surface area contributed by atoms with Crippen LogP contribution in [0.1, 0.15) is 18.7 Å². The van der Waals surface area contributed by atoms with E-state index in [1.807, 2.05) is 0 Å². The summed E-state index contributed by atoms with van der Waals surface area (Å²) < 4.78 is 57.4. The minimum Gasteiger partial charge on any atom is -0.461 e. The molecule has 0 aliphatic heterocycles. The first-order chi connectivity index (χ1) is 8.30. The summed E-state index contributed by atoms with van der Waals surface area (Å²) in [5, 5.41) is 0. The summed E-state index contributed by atoms with van der Waals surface area (Å²) in [5.41, 5.74) is -0.645. The first-order valence-corrected chi connectivity index (χ1v) is 5.74. The van der Waals surface area contributed by atoms with Crippen LogP contribution in [0.5, 0.6) is 0 Å². The average molecular weight is 329 g/mol. The molecule has 100 valence electrons. The highest BCUT2D eigenvalue weighted by molar-refractivity contribution is 9.10. The number of carbonyl (C=O) groups excluding carboxylic acids is 1. The van der Waals surface area contributed by atoms with Gasteiger partial charge >= 0.3 is 11.9 Å². The Balaban J connectivity index is 3.08. The zero-order chi connectivity index (χ0) is 13.9. The maximum Gasteiger partial charge on any atom is 0.380 e. The van der Waals surface area contributed by atoms with Gasteiger partial charge in [0.25, 0.3) is 0 Å². The topological polar surface area (TPSA) is 26.3 Å². The highest BCUT2D eigenvalue weighted by Crippen LogP contribution is 2.39. The van der Waals surface area contributed by atoms with E-state index in [0.717, 1.165) is 12.1 Å². The number of rotatable bonds is 4. The maximum absolute atomic E-state index is 13.7. The Bertz CT molecular complexity index is 451. The van der Waals surface area contributed by atoms with Crippen molar-refractivity contribution in [1.82, 2.24) is 0 Å². The van der Waals surface area contributed by atoms with Crippen LogP contribution in [0.2, 0.25) is 0 Å². The maximum atomic E-state index is 13.7. The number of alkyl halides is 3. The van der Waals surface area contributed by atoms with Gasteiger partial charge in [0.05, 0.1) is 6.61 Å². The van der Waals surface area contributed by atoms with E-state index >= 15 is 0 Å². The fourth-order valence-electron chi connectivity index (χ4n) is 1.23. The molecule has 1 rings (SSSR count). The van der Waals surface area contributed by atoms with E-state index in [2.05, 4.69) is 20.7 Å². The molecule has 0 bridgehead atoms. The van der Waals surface area contributed by atoms with Gasteiger partial charge in [-0.1, -0.05) is 15.9 Å². The molecule has 0 amide bonds. The van der Waals surface area contributed by atoms with Crippen LogP contribution in [0.3, 0.4) is 0 Å². The van der Waals surface area contributed by atoms with E-state index < -0.39 is 29.4 Å². The van der Waals surface area contributed by atoms with Gasteiger partial charge in [-0.05, 0) is 25.1 Å². The largest absolute Gasteiger partial charge is 0.461 e. The van der Waals surface area contributed by atoms with Crippen molar-refractivity contribution >= 4 is 21.9 Å². The number of esters is 1. The van der Waals surface area contributed by atoms with E-state index in [0.29, 0.717) is 6.07 Å². The van der Waals surface area contributed by atoms with Crippen LogP contribution in [-0.4, -0.2) is 18.5 Å². The minimum absolute atomic E-state index is 0.0552. The molecule has 7 heteroatoms. The molecule has 0 saturated heterocycles. The van der Waals surface area contributed by atoms with Gasteiger partial charge < -0.3 is 4.74 Å². The van der Waals surface area contributed by atoms with Gasteiger partial charge in [0.15, 0.2) is 0 Å². The van der Waals surface area contributed by atoms with Crippen LogP contribution in [0.4, 0.5) is 17.6 Å². The highest BCUT2D eigenvalue weighted by atomic mass is 79.9. The number of hydrogen-bond acceptors (Lipinski definition) is 2. The SMILES string of the molecule is CCOC(=O)C(F)(F)C(F)c1cc(F)ccc1Br. The minimum atomic E-state index is -4.37. The second kappa shape index (κ2) is 5.69. The number of hydrogen-bond donors (Lipinski definition) is 0. The molecule has 1 unspecified atom stereocenters. The van der Waals surface area contributed by atoms with Crippen molar-refractivity contribution in [3.05, 3.63) is 34.1 Å². The van der Waals surface area contributed by atoms with Crippen molar-refractivity contribution < 1.29 is 27.1 Å². The smallest absolute Gasteiger partial charge is 0.380 e. The second-order valence-electron chi connectivity index (χ2n) is 3.37. The molecule has 18 heavy (non-hydrogen) atoms. The molecule has 0 N–H and O–H groups in total. The summed E-state index contributed by atoms with van der Waals surface area (Å²) in [4.78, 5) is 11.0. The van der Waals surface area contributed by atoms with Gasteiger partial charge in [0.2, 0.25) is 6.17 Å². The molecule has 1 aromatic carbocycles. The Morgan fingerprint density at radius 1 is 1.50 bits per heavy atom. The van der Waals surface area contributed by atoms with Crippen molar-refractivity contribution in [2.45, 2.75) is 19.0 Å². The summed E-state index contributed by atoms with van der Waals surface area (Å²) in [7, 11) is 0. The van der Waals surface area contributed by atoms with Crippen molar-refractivity contribution in [2.75, 3.05) is 6.61 Å². The number of halogens is 5. The third-order valence-corrected chi connectivity index (χ3v) is 2.82. The summed E-state index contributed by atoms with van der Waals surface area (Å²) >= 11 is 2.82. The van der Waals surface area contributed by atoms with Gasteiger partial charge in [-0.2, -0.15) is 8.78 Å². The molecule has 0 saturated carbocycles. The van der Waals surface area contributed by atoms with Gasteiger partial charge in [0.1, 0.15) is 5.82 Å². The lowest BCUT2D eigenvalue weighted by atomic mass is 10.0. The molecule has 0 fully saturated rings. The van der Waals surface area contributed by atoms with Gasteiger partial charge in [-0.15, -0.1) is 0 Å². The standard InChI is InChI=1S/C11H9BrF4O2/c1-2-18-10(17)11(15,16)9(14)7-5-6(13)3-4-8(7)12/h3-5,9H,2H2,1H3. The number of carbonyl (C=O) groups is 1. The monoisotopic (exact) mass is 328 g/mol. The van der Waals surface area contributed by atoms with Crippen molar-refractivity contribution in [3.8, 4) is 0 Å². The third-order valence-electron chi connectivity index (χ3n) is 2.10. The summed E-state index contributed by atoms with van der Waals surface area (Å²) in [6, 6.07) is 2.66. The number of benzene rings is 1. The molecule has 0 aliphatic carbocycles. The Kier molecular flexibility index (Phi) is 4.72. The Morgan fingerprint density at radius 2 is 2.11 bits per heavy atom. The van der Waals surface area contributed by atoms with E-state index in [-0.39, 0.29) is 11.1 Å². The van der Waals surface area contributed by atoms with E-state index in [4.69, 9.17) is 0 Å². The van der Waals surface area contributed by atoms with Crippen molar-refractivity contribution in [1.29, 1.82) is 0 Å². The third kappa shape index (κ3) is 3.01. The van der Waals surface area contributed by atoms with Gasteiger partial charge in [-0.25, -0.2) is 13.6 Å². The molecular formula is C11H9BrF4O2. The lowest BCUT2D eigenvalue weighted by Gasteiger charge is -2.19. The Labute approximate surface area is 109 Å². The zero-order valence-corrected chi connectivity index (χ0v) is 10.8. The van der Waals surface area contributed by atoms with E-state index in [1.54, 1.807) is 0 Å². The van der Waals surface area contributed by atoms with Crippen LogP contribution in [0, 0.1) is 5.82 Å². The molecule has 0 heterocycles.